The molecule has 6 nitrogen and oxygen atoms in total. The van der Waals surface area contributed by atoms with Crippen molar-refractivity contribution in [1.29, 1.82) is 0 Å². The summed E-state index contributed by atoms with van der Waals surface area (Å²) in [6, 6.07) is 4.46. The number of carboxylic acids is 1. The zero-order chi connectivity index (χ0) is 15.4. The number of carboxylic acid groups (broad SMARTS) is 1. The van der Waals surface area contributed by atoms with Crippen molar-refractivity contribution in [2.24, 2.45) is 0 Å². The average Bonchev–Trinajstić information content (AvgIpc) is 2.46. The highest BCUT2D eigenvalue weighted by Crippen LogP contribution is 2.26. The Morgan fingerprint density at radius 3 is 2.95 bits per heavy atom. The van der Waals surface area contributed by atoms with E-state index in [4.69, 9.17) is 0 Å². The molecular formula is C14H18N2O4S. The van der Waals surface area contributed by atoms with Gasteiger partial charge in [-0.2, -0.15) is 11.8 Å². The highest BCUT2D eigenvalue weighted by Gasteiger charge is 2.26. The first-order chi connectivity index (χ1) is 10.0. The van der Waals surface area contributed by atoms with Crippen LogP contribution in [0, 0.1) is 10.1 Å². The van der Waals surface area contributed by atoms with Crippen LogP contribution in [0.5, 0.6) is 0 Å². The lowest BCUT2D eigenvalue weighted by molar-refractivity contribution is -0.385. The standard InChI is InChI=1S/C14H18N2O4S/c1-2-11-9-15(6-7-21-11)8-10-4-3-5-12(16(19)20)13(10)14(17)18/h3-5,11H,2,6-9H2,1H3,(H,17,18). The Kier molecular flexibility index (Phi) is 5.19. The van der Waals surface area contributed by atoms with Gasteiger partial charge in [0.05, 0.1) is 4.92 Å². The summed E-state index contributed by atoms with van der Waals surface area (Å²) >= 11 is 1.93. The lowest BCUT2D eigenvalue weighted by Crippen LogP contribution is -2.37. The van der Waals surface area contributed by atoms with Crippen molar-refractivity contribution in [2.75, 3.05) is 18.8 Å². The van der Waals surface area contributed by atoms with Crippen molar-refractivity contribution >= 4 is 23.4 Å². The van der Waals surface area contributed by atoms with Crippen molar-refractivity contribution in [3.8, 4) is 0 Å². The molecule has 1 saturated heterocycles. The van der Waals surface area contributed by atoms with Gasteiger partial charge >= 0.3 is 5.97 Å². The third-order valence-corrected chi connectivity index (χ3v) is 4.98. The normalized spacial score (nSPS) is 19.4. The monoisotopic (exact) mass is 310 g/mol. The van der Waals surface area contributed by atoms with E-state index in [1.54, 1.807) is 12.1 Å². The van der Waals surface area contributed by atoms with Gasteiger partial charge in [-0.05, 0) is 12.0 Å². The Bertz CT molecular complexity index is 550. The van der Waals surface area contributed by atoms with Gasteiger partial charge in [-0.1, -0.05) is 19.1 Å². The highest BCUT2D eigenvalue weighted by molar-refractivity contribution is 8.00. The topological polar surface area (TPSA) is 83.7 Å². The van der Waals surface area contributed by atoms with Crippen LogP contribution in [0.15, 0.2) is 18.2 Å². The second-order valence-corrected chi connectivity index (χ2v) is 6.42. The molecule has 0 saturated carbocycles. The molecule has 1 aliphatic rings. The van der Waals surface area contributed by atoms with E-state index >= 15 is 0 Å². The molecule has 7 heteroatoms. The molecule has 1 unspecified atom stereocenters. The second kappa shape index (κ2) is 6.91. The average molecular weight is 310 g/mol. The number of rotatable bonds is 5. The molecule has 0 radical (unpaired) electrons. The molecule has 1 aromatic rings. The number of aromatic carboxylic acids is 1. The SMILES string of the molecule is CCC1CN(Cc2cccc([N+](=O)[O-])c2C(=O)O)CCS1. The second-order valence-electron chi connectivity index (χ2n) is 5.01. The number of carbonyl (C=O) groups is 1. The Labute approximate surface area is 127 Å². The number of benzene rings is 1. The van der Waals surface area contributed by atoms with Gasteiger partial charge in [0.15, 0.2) is 0 Å². The molecule has 0 spiro atoms. The number of nitrogens with zero attached hydrogens (tertiary/aromatic N) is 2. The lowest BCUT2D eigenvalue weighted by atomic mass is 10.0. The molecule has 1 heterocycles. The maximum atomic E-state index is 11.4. The minimum absolute atomic E-state index is 0.186. The van der Waals surface area contributed by atoms with E-state index in [-0.39, 0.29) is 11.3 Å². The summed E-state index contributed by atoms with van der Waals surface area (Å²) in [6.45, 7) is 4.35. The van der Waals surface area contributed by atoms with E-state index in [0.29, 0.717) is 17.4 Å². The summed E-state index contributed by atoms with van der Waals surface area (Å²) in [5, 5.41) is 20.8. The van der Waals surface area contributed by atoms with Crippen LogP contribution in [0.2, 0.25) is 0 Å². The summed E-state index contributed by atoms with van der Waals surface area (Å²) in [5.41, 5.74) is -0.00865. The molecule has 0 amide bonds. The Morgan fingerprint density at radius 1 is 1.57 bits per heavy atom. The van der Waals surface area contributed by atoms with Crippen LogP contribution in [0.25, 0.3) is 0 Å². The van der Waals surface area contributed by atoms with Gasteiger partial charge in [0, 0.05) is 36.7 Å². The predicted octanol–water partition coefficient (Wildman–Crippen LogP) is 2.62. The summed E-state index contributed by atoms with van der Waals surface area (Å²) in [5.74, 6) is -0.230. The summed E-state index contributed by atoms with van der Waals surface area (Å²) in [4.78, 5) is 23.9. The Balaban J connectivity index is 2.25. The molecule has 21 heavy (non-hydrogen) atoms. The Hall–Kier alpha value is -1.60. The van der Waals surface area contributed by atoms with Crippen LogP contribution >= 0.6 is 11.8 Å². The van der Waals surface area contributed by atoms with Crippen molar-refractivity contribution in [3.05, 3.63) is 39.4 Å². The zero-order valence-corrected chi connectivity index (χ0v) is 12.6. The van der Waals surface area contributed by atoms with E-state index in [1.807, 2.05) is 11.8 Å². The van der Waals surface area contributed by atoms with Gasteiger partial charge in [-0.15, -0.1) is 0 Å². The quantitative estimate of drug-likeness (QED) is 0.665. The molecular weight excluding hydrogens is 292 g/mol. The van der Waals surface area contributed by atoms with E-state index in [2.05, 4.69) is 11.8 Å². The molecule has 0 aliphatic carbocycles. The van der Waals surface area contributed by atoms with Crippen molar-refractivity contribution in [1.82, 2.24) is 4.90 Å². The van der Waals surface area contributed by atoms with E-state index < -0.39 is 10.9 Å². The number of hydrogen-bond acceptors (Lipinski definition) is 5. The van der Waals surface area contributed by atoms with Crippen LogP contribution in [0.4, 0.5) is 5.69 Å². The van der Waals surface area contributed by atoms with Gasteiger partial charge in [-0.25, -0.2) is 4.79 Å². The largest absolute Gasteiger partial charge is 0.477 e. The minimum atomic E-state index is -1.24. The first kappa shape index (κ1) is 15.8. The number of nitro benzene ring substituents is 1. The summed E-state index contributed by atoms with van der Waals surface area (Å²) in [7, 11) is 0. The fourth-order valence-corrected chi connectivity index (χ4v) is 3.78. The van der Waals surface area contributed by atoms with Crippen LogP contribution in [-0.2, 0) is 6.54 Å². The molecule has 1 atom stereocenters. The lowest BCUT2D eigenvalue weighted by Gasteiger charge is -2.32. The third-order valence-electron chi connectivity index (χ3n) is 3.61. The highest BCUT2D eigenvalue weighted by atomic mass is 32.2. The predicted molar refractivity (Wildman–Crippen MR) is 81.9 cm³/mol. The molecule has 1 N–H and O–H groups in total. The minimum Gasteiger partial charge on any atom is -0.477 e. The van der Waals surface area contributed by atoms with Gasteiger partial charge in [0.25, 0.3) is 5.69 Å². The first-order valence-electron chi connectivity index (χ1n) is 6.86. The van der Waals surface area contributed by atoms with Gasteiger partial charge in [-0.3, -0.25) is 15.0 Å². The van der Waals surface area contributed by atoms with Gasteiger partial charge < -0.3 is 5.11 Å². The fraction of sp³-hybridized carbons (Fsp3) is 0.500. The number of nitro groups is 1. The molecule has 0 bridgehead atoms. The van der Waals surface area contributed by atoms with Crippen molar-refractivity contribution in [2.45, 2.75) is 25.1 Å². The molecule has 114 valence electrons. The van der Waals surface area contributed by atoms with Crippen molar-refractivity contribution < 1.29 is 14.8 Å². The molecule has 0 aromatic heterocycles. The number of hydrogen-bond donors (Lipinski definition) is 1. The summed E-state index contributed by atoms with van der Waals surface area (Å²) in [6.07, 6.45) is 1.07. The Morgan fingerprint density at radius 2 is 2.33 bits per heavy atom. The smallest absolute Gasteiger partial charge is 0.343 e. The van der Waals surface area contributed by atoms with Crippen molar-refractivity contribution in [3.63, 3.8) is 0 Å². The fourth-order valence-electron chi connectivity index (χ4n) is 2.53. The first-order valence-corrected chi connectivity index (χ1v) is 7.91. The van der Waals surface area contributed by atoms with Crippen LogP contribution in [0.1, 0.15) is 29.3 Å². The van der Waals surface area contributed by atoms with Crippen LogP contribution in [0.3, 0.4) is 0 Å². The van der Waals surface area contributed by atoms with Crippen LogP contribution < -0.4 is 0 Å². The van der Waals surface area contributed by atoms with E-state index in [1.165, 1.54) is 6.07 Å². The molecule has 2 rings (SSSR count). The molecule has 1 fully saturated rings. The number of thioether (sulfide) groups is 1. The molecule has 1 aliphatic heterocycles. The van der Waals surface area contributed by atoms with Crippen LogP contribution in [-0.4, -0.2) is 45.0 Å². The summed E-state index contributed by atoms with van der Waals surface area (Å²) < 4.78 is 0. The molecule has 1 aromatic carbocycles. The van der Waals surface area contributed by atoms with Gasteiger partial charge in [0.1, 0.15) is 5.56 Å². The van der Waals surface area contributed by atoms with E-state index in [9.17, 15) is 20.0 Å². The van der Waals surface area contributed by atoms with E-state index in [0.717, 1.165) is 25.3 Å². The zero-order valence-electron chi connectivity index (χ0n) is 11.8. The van der Waals surface area contributed by atoms with Gasteiger partial charge in [0.2, 0.25) is 0 Å². The maximum Gasteiger partial charge on any atom is 0.343 e. The third kappa shape index (κ3) is 3.74. The maximum absolute atomic E-state index is 11.4.